The fourth-order valence-corrected chi connectivity index (χ4v) is 4.33. The highest BCUT2D eigenvalue weighted by molar-refractivity contribution is 7.99. The van der Waals surface area contributed by atoms with Gasteiger partial charge in [0.15, 0.2) is 0 Å². The van der Waals surface area contributed by atoms with E-state index in [4.69, 9.17) is 0 Å². The molecule has 19 heavy (non-hydrogen) atoms. The molecule has 3 rings (SSSR count). The molecule has 2 fully saturated rings. The number of nitrogens with one attached hydrogen (secondary N) is 1. The van der Waals surface area contributed by atoms with Crippen molar-refractivity contribution in [1.82, 2.24) is 10.2 Å². The molecule has 0 aromatic heterocycles. The van der Waals surface area contributed by atoms with Crippen LogP contribution in [0, 0.1) is 0 Å². The molecule has 0 aliphatic carbocycles. The van der Waals surface area contributed by atoms with Crippen LogP contribution in [0.2, 0.25) is 0 Å². The molecule has 0 radical (unpaired) electrons. The van der Waals surface area contributed by atoms with Crippen molar-refractivity contribution in [1.29, 1.82) is 0 Å². The topological polar surface area (TPSA) is 15.3 Å². The molecule has 2 aliphatic heterocycles. The standard InChI is InChI=1S/C16H24N2S/c1-2-6-14(7-3-1)19-13-12-18-11-5-9-16(18)15-8-4-10-17-15/h1-3,6-7,15-17H,4-5,8-13H2. The van der Waals surface area contributed by atoms with Gasteiger partial charge in [-0.05, 0) is 50.9 Å². The van der Waals surface area contributed by atoms with Crippen LogP contribution < -0.4 is 5.32 Å². The maximum Gasteiger partial charge on any atom is 0.0250 e. The molecule has 0 saturated carbocycles. The summed E-state index contributed by atoms with van der Waals surface area (Å²) in [6.45, 7) is 3.77. The third-order valence-electron chi connectivity index (χ3n) is 4.37. The Morgan fingerprint density at radius 2 is 2.05 bits per heavy atom. The van der Waals surface area contributed by atoms with E-state index in [1.165, 1.54) is 56.0 Å². The van der Waals surface area contributed by atoms with E-state index < -0.39 is 0 Å². The molecule has 2 saturated heterocycles. The van der Waals surface area contributed by atoms with Crippen LogP contribution in [-0.2, 0) is 0 Å². The van der Waals surface area contributed by atoms with Crippen molar-refractivity contribution in [2.24, 2.45) is 0 Å². The van der Waals surface area contributed by atoms with E-state index >= 15 is 0 Å². The van der Waals surface area contributed by atoms with Crippen LogP contribution in [0.15, 0.2) is 35.2 Å². The van der Waals surface area contributed by atoms with Crippen molar-refractivity contribution in [2.45, 2.75) is 42.7 Å². The lowest BCUT2D eigenvalue weighted by atomic mass is 10.0. The first-order valence-corrected chi connectivity index (χ1v) is 8.57. The minimum atomic E-state index is 0.768. The zero-order valence-corrected chi connectivity index (χ0v) is 12.4. The van der Waals surface area contributed by atoms with Gasteiger partial charge in [-0.15, -0.1) is 11.8 Å². The van der Waals surface area contributed by atoms with Gasteiger partial charge in [0.2, 0.25) is 0 Å². The van der Waals surface area contributed by atoms with Crippen molar-refractivity contribution < 1.29 is 0 Å². The molecule has 3 heteroatoms. The number of likely N-dealkylation sites (tertiary alicyclic amines) is 1. The van der Waals surface area contributed by atoms with Crippen molar-refractivity contribution in [3.05, 3.63) is 30.3 Å². The lowest BCUT2D eigenvalue weighted by molar-refractivity contribution is 0.226. The van der Waals surface area contributed by atoms with Gasteiger partial charge in [-0.25, -0.2) is 0 Å². The predicted octanol–water partition coefficient (Wildman–Crippen LogP) is 3.00. The first-order valence-electron chi connectivity index (χ1n) is 7.59. The molecule has 1 aromatic carbocycles. The highest BCUT2D eigenvalue weighted by atomic mass is 32.2. The number of hydrogen-bond donors (Lipinski definition) is 1. The van der Waals surface area contributed by atoms with Crippen molar-refractivity contribution in [3.8, 4) is 0 Å². The van der Waals surface area contributed by atoms with Gasteiger partial charge in [-0.3, -0.25) is 4.90 Å². The lowest BCUT2D eigenvalue weighted by Crippen LogP contribution is -2.44. The number of rotatable bonds is 5. The second kappa shape index (κ2) is 6.78. The number of thioether (sulfide) groups is 1. The van der Waals surface area contributed by atoms with Gasteiger partial charge in [-0.2, -0.15) is 0 Å². The Morgan fingerprint density at radius 3 is 2.84 bits per heavy atom. The molecule has 2 atom stereocenters. The first kappa shape index (κ1) is 13.5. The Bertz CT molecular complexity index is 376. The summed E-state index contributed by atoms with van der Waals surface area (Å²) in [6.07, 6.45) is 5.54. The molecule has 1 N–H and O–H groups in total. The van der Waals surface area contributed by atoms with E-state index in [-0.39, 0.29) is 0 Å². The molecular formula is C16H24N2S. The maximum absolute atomic E-state index is 3.69. The zero-order chi connectivity index (χ0) is 12.9. The van der Waals surface area contributed by atoms with E-state index in [0.717, 1.165) is 12.1 Å². The van der Waals surface area contributed by atoms with Crippen LogP contribution in [0.25, 0.3) is 0 Å². The van der Waals surface area contributed by atoms with Crippen LogP contribution in [0.3, 0.4) is 0 Å². The summed E-state index contributed by atoms with van der Waals surface area (Å²) in [5.41, 5.74) is 0. The van der Waals surface area contributed by atoms with E-state index in [1.54, 1.807) is 0 Å². The SMILES string of the molecule is c1ccc(SCCN2CCCC2C2CCCN2)cc1. The van der Waals surface area contributed by atoms with E-state index in [0.29, 0.717) is 0 Å². The van der Waals surface area contributed by atoms with E-state index in [9.17, 15) is 0 Å². The highest BCUT2D eigenvalue weighted by Crippen LogP contribution is 2.26. The van der Waals surface area contributed by atoms with Crippen LogP contribution in [0.4, 0.5) is 0 Å². The lowest BCUT2D eigenvalue weighted by Gasteiger charge is -2.29. The summed E-state index contributed by atoms with van der Waals surface area (Å²) in [4.78, 5) is 4.12. The van der Waals surface area contributed by atoms with Gasteiger partial charge in [0, 0.05) is 29.3 Å². The fourth-order valence-electron chi connectivity index (χ4n) is 3.42. The van der Waals surface area contributed by atoms with Gasteiger partial charge < -0.3 is 5.32 Å². The maximum atomic E-state index is 3.69. The number of benzene rings is 1. The third kappa shape index (κ3) is 3.53. The molecule has 2 unspecified atom stereocenters. The molecule has 1 aromatic rings. The van der Waals surface area contributed by atoms with Gasteiger partial charge in [0.1, 0.15) is 0 Å². The van der Waals surface area contributed by atoms with Crippen molar-refractivity contribution in [2.75, 3.05) is 25.4 Å². The number of nitrogens with zero attached hydrogens (tertiary/aromatic N) is 1. The minimum Gasteiger partial charge on any atom is -0.312 e. The smallest absolute Gasteiger partial charge is 0.0250 e. The molecule has 2 heterocycles. The Hall–Kier alpha value is -0.510. The summed E-state index contributed by atoms with van der Waals surface area (Å²) in [5, 5.41) is 3.69. The van der Waals surface area contributed by atoms with Crippen LogP contribution in [-0.4, -0.2) is 42.4 Å². The summed E-state index contributed by atoms with van der Waals surface area (Å²) in [6, 6.07) is 12.3. The van der Waals surface area contributed by atoms with Crippen LogP contribution >= 0.6 is 11.8 Å². The second-order valence-electron chi connectivity index (χ2n) is 5.61. The van der Waals surface area contributed by atoms with Gasteiger partial charge >= 0.3 is 0 Å². The Balaban J connectivity index is 1.46. The normalized spacial score (nSPS) is 28.0. The highest BCUT2D eigenvalue weighted by Gasteiger charge is 2.32. The number of hydrogen-bond acceptors (Lipinski definition) is 3. The largest absolute Gasteiger partial charge is 0.312 e. The molecule has 0 spiro atoms. The first-order chi connectivity index (χ1) is 9.43. The molecule has 104 valence electrons. The van der Waals surface area contributed by atoms with Crippen molar-refractivity contribution in [3.63, 3.8) is 0 Å². The Labute approximate surface area is 121 Å². The molecule has 2 aliphatic rings. The Morgan fingerprint density at radius 1 is 1.16 bits per heavy atom. The van der Waals surface area contributed by atoms with Crippen LogP contribution in [0.5, 0.6) is 0 Å². The third-order valence-corrected chi connectivity index (χ3v) is 5.36. The molecular weight excluding hydrogens is 252 g/mol. The predicted molar refractivity (Wildman–Crippen MR) is 82.8 cm³/mol. The zero-order valence-electron chi connectivity index (χ0n) is 11.6. The van der Waals surface area contributed by atoms with Gasteiger partial charge in [0.05, 0.1) is 0 Å². The van der Waals surface area contributed by atoms with E-state index in [2.05, 4.69) is 40.5 Å². The fraction of sp³-hybridized carbons (Fsp3) is 0.625. The summed E-state index contributed by atoms with van der Waals surface area (Å²) in [5.74, 6) is 1.22. The van der Waals surface area contributed by atoms with Gasteiger partial charge in [-0.1, -0.05) is 18.2 Å². The molecule has 0 amide bonds. The van der Waals surface area contributed by atoms with E-state index in [1.807, 2.05) is 11.8 Å². The Kier molecular flexibility index (Phi) is 4.81. The average molecular weight is 276 g/mol. The van der Waals surface area contributed by atoms with Crippen LogP contribution in [0.1, 0.15) is 25.7 Å². The van der Waals surface area contributed by atoms with Crippen molar-refractivity contribution >= 4 is 11.8 Å². The average Bonchev–Trinajstić information content (AvgIpc) is 3.10. The molecule has 0 bridgehead atoms. The summed E-state index contributed by atoms with van der Waals surface area (Å²) in [7, 11) is 0. The minimum absolute atomic E-state index is 0.768. The molecule has 2 nitrogen and oxygen atoms in total. The monoisotopic (exact) mass is 276 g/mol. The van der Waals surface area contributed by atoms with Gasteiger partial charge in [0.25, 0.3) is 0 Å². The summed E-state index contributed by atoms with van der Waals surface area (Å²) < 4.78 is 0. The summed E-state index contributed by atoms with van der Waals surface area (Å²) >= 11 is 1.99. The second-order valence-corrected chi connectivity index (χ2v) is 6.78. The quantitative estimate of drug-likeness (QED) is 0.832.